The molecule has 0 atom stereocenters. The molecular weight excluding hydrogens is 217 g/mol. The average Bonchev–Trinajstić information content (AvgIpc) is 2.29. The summed E-state index contributed by atoms with van der Waals surface area (Å²) < 4.78 is 13.6. The van der Waals surface area contributed by atoms with Crippen molar-refractivity contribution in [3.63, 3.8) is 0 Å². The first-order chi connectivity index (χ1) is 8.09. The molecule has 88 valence electrons. The van der Waals surface area contributed by atoms with Crippen LogP contribution in [0.2, 0.25) is 0 Å². The number of nitrogens with one attached hydrogen (secondary N) is 1. The highest BCUT2D eigenvalue weighted by Gasteiger charge is 2.12. The van der Waals surface area contributed by atoms with Crippen LogP contribution in [0, 0.1) is 5.82 Å². The molecular formula is C14H14FNO. The van der Waals surface area contributed by atoms with E-state index < -0.39 is 0 Å². The van der Waals surface area contributed by atoms with Crippen LogP contribution in [0.15, 0.2) is 36.4 Å². The van der Waals surface area contributed by atoms with Gasteiger partial charge in [-0.05, 0) is 31.4 Å². The third-order valence-corrected chi connectivity index (χ3v) is 2.54. The smallest absolute Gasteiger partial charge is 0.252 e. The fourth-order valence-electron chi connectivity index (χ4n) is 1.80. The normalized spacial score (nSPS) is 10.8. The van der Waals surface area contributed by atoms with Gasteiger partial charge in [-0.2, -0.15) is 0 Å². The molecule has 2 aromatic rings. The van der Waals surface area contributed by atoms with E-state index in [1.807, 2.05) is 13.8 Å². The molecule has 1 N–H and O–H groups in total. The Bertz CT molecular complexity index is 563. The Morgan fingerprint density at radius 1 is 1.12 bits per heavy atom. The summed E-state index contributed by atoms with van der Waals surface area (Å²) in [6.45, 7) is 3.78. The molecule has 0 fully saturated rings. The first kappa shape index (κ1) is 11.6. The van der Waals surface area contributed by atoms with Crippen LogP contribution in [-0.2, 0) is 0 Å². The van der Waals surface area contributed by atoms with Crippen LogP contribution in [0.25, 0.3) is 10.8 Å². The van der Waals surface area contributed by atoms with E-state index in [4.69, 9.17) is 0 Å². The van der Waals surface area contributed by atoms with E-state index in [1.165, 1.54) is 12.1 Å². The Hall–Kier alpha value is -1.90. The molecule has 2 nitrogen and oxygen atoms in total. The Balaban J connectivity index is 2.55. The molecule has 0 aliphatic rings. The van der Waals surface area contributed by atoms with Crippen LogP contribution < -0.4 is 5.32 Å². The maximum atomic E-state index is 13.6. The zero-order chi connectivity index (χ0) is 12.4. The number of hydrogen-bond donors (Lipinski definition) is 1. The molecule has 0 heterocycles. The van der Waals surface area contributed by atoms with Gasteiger partial charge < -0.3 is 5.32 Å². The highest BCUT2D eigenvalue weighted by atomic mass is 19.1. The van der Waals surface area contributed by atoms with Crippen molar-refractivity contribution in [1.29, 1.82) is 0 Å². The molecule has 1 amide bonds. The second-order valence-electron chi connectivity index (χ2n) is 4.27. The predicted molar refractivity (Wildman–Crippen MR) is 66.5 cm³/mol. The van der Waals surface area contributed by atoms with E-state index in [0.29, 0.717) is 16.3 Å². The lowest BCUT2D eigenvalue weighted by Gasteiger charge is -2.10. The van der Waals surface area contributed by atoms with Crippen molar-refractivity contribution in [2.75, 3.05) is 0 Å². The Kier molecular flexibility index (Phi) is 3.09. The van der Waals surface area contributed by atoms with Gasteiger partial charge in [-0.15, -0.1) is 0 Å². The summed E-state index contributed by atoms with van der Waals surface area (Å²) in [6.07, 6.45) is 0. The van der Waals surface area contributed by atoms with Gasteiger partial charge in [0.1, 0.15) is 5.82 Å². The lowest BCUT2D eigenvalue weighted by atomic mass is 10.0. The molecule has 0 saturated heterocycles. The number of amides is 1. The molecule has 0 aliphatic heterocycles. The second kappa shape index (κ2) is 4.53. The van der Waals surface area contributed by atoms with Gasteiger partial charge in [-0.1, -0.05) is 24.3 Å². The molecule has 0 saturated carbocycles. The summed E-state index contributed by atoms with van der Waals surface area (Å²) in [5.74, 6) is -0.474. The first-order valence-electron chi connectivity index (χ1n) is 5.57. The third kappa shape index (κ3) is 2.28. The lowest BCUT2D eigenvalue weighted by molar-refractivity contribution is 0.0945. The number of benzene rings is 2. The standard InChI is InChI=1S/C14H14FNO/c1-9(2)16-14(17)12-7-8-13(15)11-6-4-3-5-10(11)12/h3-9H,1-2H3,(H,16,17). The molecule has 0 unspecified atom stereocenters. The summed E-state index contributed by atoms with van der Waals surface area (Å²) in [5, 5.41) is 3.93. The first-order valence-corrected chi connectivity index (χ1v) is 5.57. The highest BCUT2D eigenvalue weighted by Crippen LogP contribution is 2.21. The molecule has 3 heteroatoms. The SMILES string of the molecule is CC(C)NC(=O)c1ccc(F)c2ccccc12. The zero-order valence-corrected chi connectivity index (χ0v) is 9.83. The summed E-state index contributed by atoms with van der Waals surface area (Å²) in [5.41, 5.74) is 0.510. The van der Waals surface area contributed by atoms with Crippen molar-refractivity contribution in [2.45, 2.75) is 19.9 Å². The van der Waals surface area contributed by atoms with Crippen molar-refractivity contribution in [3.05, 3.63) is 47.8 Å². The highest BCUT2D eigenvalue weighted by molar-refractivity contribution is 6.07. The van der Waals surface area contributed by atoms with E-state index in [9.17, 15) is 9.18 Å². The molecule has 0 bridgehead atoms. The number of fused-ring (bicyclic) bond motifs is 1. The summed E-state index contributed by atoms with van der Waals surface area (Å²) >= 11 is 0. The predicted octanol–water partition coefficient (Wildman–Crippen LogP) is 3.12. The number of rotatable bonds is 2. The molecule has 0 aromatic heterocycles. The van der Waals surface area contributed by atoms with Crippen molar-refractivity contribution in [1.82, 2.24) is 5.32 Å². The average molecular weight is 231 g/mol. The summed E-state index contributed by atoms with van der Waals surface area (Å²) in [6, 6.07) is 9.91. The fourth-order valence-corrected chi connectivity index (χ4v) is 1.80. The van der Waals surface area contributed by atoms with Crippen LogP contribution in [0.1, 0.15) is 24.2 Å². The van der Waals surface area contributed by atoms with Gasteiger partial charge in [0.25, 0.3) is 5.91 Å². The van der Waals surface area contributed by atoms with Crippen LogP contribution in [0.5, 0.6) is 0 Å². The van der Waals surface area contributed by atoms with Gasteiger partial charge in [0.05, 0.1) is 0 Å². The van der Waals surface area contributed by atoms with Crippen LogP contribution in [-0.4, -0.2) is 11.9 Å². The maximum absolute atomic E-state index is 13.6. The largest absolute Gasteiger partial charge is 0.350 e. The van der Waals surface area contributed by atoms with Crippen molar-refractivity contribution in [3.8, 4) is 0 Å². The van der Waals surface area contributed by atoms with Crippen molar-refractivity contribution in [2.24, 2.45) is 0 Å². The minimum Gasteiger partial charge on any atom is -0.350 e. The van der Waals surface area contributed by atoms with E-state index >= 15 is 0 Å². The van der Waals surface area contributed by atoms with Crippen LogP contribution in [0.4, 0.5) is 4.39 Å². The Morgan fingerprint density at radius 3 is 2.41 bits per heavy atom. The van der Waals surface area contributed by atoms with E-state index in [1.54, 1.807) is 24.3 Å². The fraction of sp³-hybridized carbons (Fsp3) is 0.214. The van der Waals surface area contributed by atoms with Crippen LogP contribution >= 0.6 is 0 Å². The van der Waals surface area contributed by atoms with Gasteiger partial charge in [0, 0.05) is 17.0 Å². The van der Waals surface area contributed by atoms with Gasteiger partial charge in [-0.25, -0.2) is 4.39 Å². The number of halogens is 1. The van der Waals surface area contributed by atoms with Crippen molar-refractivity contribution >= 4 is 16.7 Å². The maximum Gasteiger partial charge on any atom is 0.252 e. The number of hydrogen-bond acceptors (Lipinski definition) is 1. The molecule has 0 spiro atoms. The zero-order valence-electron chi connectivity index (χ0n) is 9.83. The Morgan fingerprint density at radius 2 is 1.76 bits per heavy atom. The van der Waals surface area contributed by atoms with Gasteiger partial charge >= 0.3 is 0 Å². The molecule has 2 rings (SSSR count). The summed E-state index contributed by atoms with van der Waals surface area (Å²) in [7, 11) is 0. The number of carbonyl (C=O) groups is 1. The van der Waals surface area contributed by atoms with E-state index in [0.717, 1.165) is 0 Å². The molecule has 17 heavy (non-hydrogen) atoms. The molecule has 0 aliphatic carbocycles. The van der Waals surface area contributed by atoms with E-state index in [2.05, 4.69) is 5.32 Å². The minimum absolute atomic E-state index is 0.0614. The lowest BCUT2D eigenvalue weighted by Crippen LogP contribution is -2.30. The third-order valence-electron chi connectivity index (χ3n) is 2.54. The second-order valence-corrected chi connectivity index (χ2v) is 4.27. The summed E-state index contributed by atoms with van der Waals surface area (Å²) in [4.78, 5) is 11.9. The monoisotopic (exact) mass is 231 g/mol. The van der Waals surface area contributed by atoms with E-state index in [-0.39, 0.29) is 17.8 Å². The topological polar surface area (TPSA) is 29.1 Å². The number of carbonyl (C=O) groups excluding carboxylic acids is 1. The van der Waals surface area contributed by atoms with Crippen molar-refractivity contribution < 1.29 is 9.18 Å². The van der Waals surface area contributed by atoms with Gasteiger partial charge in [-0.3, -0.25) is 4.79 Å². The quantitative estimate of drug-likeness (QED) is 0.845. The van der Waals surface area contributed by atoms with Gasteiger partial charge in [0.2, 0.25) is 0 Å². The molecule has 0 radical (unpaired) electrons. The van der Waals surface area contributed by atoms with Gasteiger partial charge in [0.15, 0.2) is 0 Å². The Labute approximate surface area is 99.4 Å². The minimum atomic E-state index is -0.304. The van der Waals surface area contributed by atoms with Crippen LogP contribution in [0.3, 0.4) is 0 Å². The molecule has 2 aromatic carbocycles.